The number of benzene rings is 5. The molecule has 6 rings (SSSR count). The Kier molecular flexibility index (Phi) is 8.66. The van der Waals surface area contributed by atoms with Crippen molar-refractivity contribution in [3.05, 3.63) is 144 Å². The first-order chi connectivity index (χ1) is 21.9. The molecule has 7 nitrogen and oxygen atoms in total. The van der Waals surface area contributed by atoms with E-state index in [4.69, 9.17) is 22.1 Å². The SMILES string of the molecule is Nc1ccccc1NC(=O)C=Cc1cccc(-c2ccc3ncnc(Nc4ccc(OCc5cccc(F)c5)c(Cl)c4)c3c2)c1. The van der Waals surface area contributed by atoms with E-state index in [2.05, 4.69) is 20.6 Å². The molecule has 0 unspecified atom stereocenters. The van der Waals surface area contributed by atoms with Gasteiger partial charge in [-0.1, -0.05) is 60.1 Å². The third-order valence-electron chi connectivity index (χ3n) is 6.98. The van der Waals surface area contributed by atoms with Gasteiger partial charge in [0.15, 0.2) is 0 Å². The second-order valence-corrected chi connectivity index (χ2v) is 10.6. The number of halogens is 2. The second kappa shape index (κ2) is 13.3. The molecule has 0 spiro atoms. The van der Waals surface area contributed by atoms with Gasteiger partial charge in [-0.05, 0) is 89.0 Å². The minimum atomic E-state index is -0.318. The largest absolute Gasteiger partial charge is 0.487 e. The number of anilines is 4. The van der Waals surface area contributed by atoms with Gasteiger partial charge in [-0.15, -0.1) is 0 Å². The van der Waals surface area contributed by atoms with Gasteiger partial charge in [-0.3, -0.25) is 4.79 Å². The lowest BCUT2D eigenvalue weighted by Crippen LogP contribution is -2.09. The van der Waals surface area contributed by atoms with E-state index in [0.29, 0.717) is 39.2 Å². The van der Waals surface area contributed by atoms with Crippen molar-refractivity contribution in [2.45, 2.75) is 6.61 Å². The summed E-state index contributed by atoms with van der Waals surface area (Å²) in [6.07, 6.45) is 4.73. The number of rotatable bonds is 9. The van der Waals surface area contributed by atoms with Crippen molar-refractivity contribution in [1.29, 1.82) is 0 Å². The van der Waals surface area contributed by atoms with Crippen LogP contribution in [-0.2, 0) is 11.4 Å². The predicted molar refractivity (Wildman–Crippen MR) is 179 cm³/mol. The number of nitrogens with zero attached hydrogens (tertiary/aromatic N) is 2. The van der Waals surface area contributed by atoms with Crippen molar-refractivity contribution in [3.63, 3.8) is 0 Å². The third kappa shape index (κ3) is 7.26. The molecule has 0 aliphatic carbocycles. The molecule has 4 N–H and O–H groups in total. The van der Waals surface area contributed by atoms with Crippen molar-refractivity contribution in [1.82, 2.24) is 9.97 Å². The van der Waals surface area contributed by atoms with Crippen LogP contribution >= 0.6 is 11.6 Å². The summed E-state index contributed by atoms with van der Waals surface area (Å²) >= 11 is 6.52. The number of amides is 1. The number of ether oxygens (including phenoxy) is 1. The average Bonchev–Trinajstić information content (AvgIpc) is 3.05. The Morgan fingerprint density at radius 2 is 1.73 bits per heavy atom. The fourth-order valence-corrected chi connectivity index (χ4v) is 4.97. The van der Waals surface area contributed by atoms with Crippen molar-refractivity contribution >= 4 is 57.4 Å². The minimum Gasteiger partial charge on any atom is -0.487 e. The number of hydrogen-bond acceptors (Lipinski definition) is 6. The van der Waals surface area contributed by atoms with Crippen LogP contribution in [0.1, 0.15) is 11.1 Å². The molecule has 1 amide bonds. The molecular weight excluding hydrogens is 589 g/mol. The molecule has 6 aromatic rings. The Labute approximate surface area is 264 Å². The molecule has 45 heavy (non-hydrogen) atoms. The zero-order valence-electron chi connectivity index (χ0n) is 23.9. The normalized spacial score (nSPS) is 11.1. The number of fused-ring (bicyclic) bond motifs is 1. The van der Waals surface area contributed by atoms with Gasteiger partial charge in [-0.2, -0.15) is 0 Å². The van der Waals surface area contributed by atoms with Crippen LogP contribution in [0.3, 0.4) is 0 Å². The first-order valence-electron chi connectivity index (χ1n) is 14.0. The maximum Gasteiger partial charge on any atom is 0.248 e. The number of carbonyl (C=O) groups is 1. The van der Waals surface area contributed by atoms with E-state index in [0.717, 1.165) is 27.6 Å². The average molecular weight is 616 g/mol. The van der Waals surface area contributed by atoms with Crippen molar-refractivity contribution < 1.29 is 13.9 Å². The monoisotopic (exact) mass is 615 g/mol. The summed E-state index contributed by atoms with van der Waals surface area (Å²) in [7, 11) is 0. The van der Waals surface area contributed by atoms with E-state index < -0.39 is 0 Å². The minimum absolute atomic E-state index is 0.191. The Morgan fingerprint density at radius 1 is 0.889 bits per heavy atom. The number of para-hydroxylation sites is 2. The lowest BCUT2D eigenvalue weighted by molar-refractivity contribution is -0.111. The van der Waals surface area contributed by atoms with Crippen molar-refractivity contribution in [3.8, 4) is 16.9 Å². The van der Waals surface area contributed by atoms with Gasteiger partial charge in [-0.25, -0.2) is 14.4 Å². The molecule has 0 aliphatic rings. The van der Waals surface area contributed by atoms with Crippen LogP contribution in [0.5, 0.6) is 5.75 Å². The van der Waals surface area contributed by atoms with E-state index in [-0.39, 0.29) is 18.3 Å². The van der Waals surface area contributed by atoms with E-state index in [1.54, 1.807) is 42.5 Å². The molecule has 0 radical (unpaired) electrons. The fraction of sp³-hybridized carbons (Fsp3) is 0.0278. The maximum atomic E-state index is 13.5. The highest BCUT2D eigenvalue weighted by Crippen LogP contribution is 2.32. The fourth-order valence-electron chi connectivity index (χ4n) is 4.74. The lowest BCUT2D eigenvalue weighted by Gasteiger charge is -2.13. The summed E-state index contributed by atoms with van der Waals surface area (Å²) in [5.74, 6) is 0.501. The zero-order valence-corrected chi connectivity index (χ0v) is 24.6. The van der Waals surface area contributed by atoms with Gasteiger partial charge in [0, 0.05) is 17.1 Å². The molecule has 5 aromatic carbocycles. The smallest absolute Gasteiger partial charge is 0.248 e. The predicted octanol–water partition coefficient (Wildman–Crippen LogP) is 8.65. The van der Waals surface area contributed by atoms with Gasteiger partial charge < -0.3 is 21.1 Å². The van der Waals surface area contributed by atoms with Crippen LogP contribution in [0.2, 0.25) is 5.02 Å². The molecule has 9 heteroatoms. The van der Waals surface area contributed by atoms with E-state index in [1.807, 2.05) is 60.7 Å². The number of hydrogen-bond donors (Lipinski definition) is 3. The maximum absolute atomic E-state index is 13.5. The van der Waals surface area contributed by atoms with Crippen LogP contribution < -0.4 is 21.1 Å². The molecule has 1 aromatic heterocycles. The first kappa shape index (κ1) is 29.3. The number of nitrogens with two attached hydrogens (primary N) is 1. The highest BCUT2D eigenvalue weighted by Gasteiger charge is 2.10. The van der Waals surface area contributed by atoms with Crippen LogP contribution in [-0.4, -0.2) is 15.9 Å². The molecular formula is C36H27ClFN5O2. The second-order valence-electron chi connectivity index (χ2n) is 10.2. The number of aromatic nitrogens is 2. The number of nitrogen functional groups attached to an aromatic ring is 1. The molecule has 1 heterocycles. The van der Waals surface area contributed by atoms with Gasteiger partial charge in [0.1, 0.15) is 30.3 Å². The standard InChI is InChI=1S/C36H27ClFN5O2/c37-30-20-28(13-15-34(30)45-21-24-6-4-8-27(38)18-24)42-36-29-19-26(12-14-32(29)40-22-41-36)25-7-3-5-23(17-25)11-16-35(44)43-33-10-2-1-9-31(33)39/h1-20,22H,21,39H2,(H,43,44)(H,40,41,42). The van der Waals surface area contributed by atoms with Crippen molar-refractivity contribution in [2.24, 2.45) is 0 Å². The lowest BCUT2D eigenvalue weighted by atomic mass is 10.0. The molecule has 222 valence electrons. The van der Waals surface area contributed by atoms with Gasteiger partial charge >= 0.3 is 0 Å². The quantitative estimate of drug-likeness (QED) is 0.111. The Balaban J connectivity index is 1.18. The topological polar surface area (TPSA) is 102 Å². The number of carbonyl (C=O) groups excluding carboxylic acids is 1. The Bertz CT molecular complexity index is 2050. The number of nitrogens with one attached hydrogen (secondary N) is 2. The van der Waals surface area contributed by atoms with Crippen LogP contribution in [0.15, 0.2) is 122 Å². The summed E-state index contributed by atoms with van der Waals surface area (Å²) < 4.78 is 19.3. The molecule has 0 fully saturated rings. The van der Waals surface area contributed by atoms with E-state index >= 15 is 0 Å². The zero-order chi connectivity index (χ0) is 31.2. The summed E-state index contributed by atoms with van der Waals surface area (Å²) in [4.78, 5) is 21.4. The highest BCUT2D eigenvalue weighted by molar-refractivity contribution is 6.32. The van der Waals surface area contributed by atoms with Crippen molar-refractivity contribution in [2.75, 3.05) is 16.4 Å². The summed E-state index contributed by atoms with van der Waals surface area (Å²) in [6, 6.07) is 32.5. The van der Waals surface area contributed by atoms with Crippen LogP contribution in [0.25, 0.3) is 28.1 Å². The van der Waals surface area contributed by atoms with Gasteiger partial charge in [0.05, 0.1) is 21.9 Å². The summed E-state index contributed by atoms with van der Waals surface area (Å²) in [5, 5.41) is 7.35. The van der Waals surface area contributed by atoms with Gasteiger partial charge in [0.2, 0.25) is 5.91 Å². The molecule has 0 saturated heterocycles. The summed E-state index contributed by atoms with van der Waals surface area (Å²) in [6.45, 7) is 0.191. The summed E-state index contributed by atoms with van der Waals surface area (Å²) in [5.41, 5.74) is 12.0. The highest BCUT2D eigenvalue weighted by atomic mass is 35.5. The third-order valence-corrected chi connectivity index (χ3v) is 7.27. The van der Waals surface area contributed by atoms with Crippen LogP contribution in [0.4, 0.5) is 27.3 Å². The van der Waals surface area contributed by atoms with Gasteiger partial charge in [0.25, 0.3) is 0 Å². The molecule has 0 bridgehead atoms. The molecule has 0 aliphatic heterocycles. The molecule has 0 atom stereocenters. The first-order valence-corrected chi connectivity index (χ1v) is 14.4. The van der Waals surface area contributed by atoms with Crippen LogP contribution in [0, 0.1) is 5.82 Å². The Hall–Kier alpha value is -5.73. The molecule has 0 saturated carbocycles. The Morgan fingerprint density at radius 3 is 2.58 bits per heavy atom. The van der Waals surface area contributed by atoms with E-state index in [9.17, 15) is 9.18 Å². The van der Waals surface area contributed by atoms with E-state index in [1.165, 1.54) is 24.5 Å².